The van der Waals surface area contributed by atoms with Crippen LogP contribution in [-0.4, -0.2) is 94.1 Å². The van der Waals surface area contributed by atoms with Crippen LogP contribution in [0.1, 0.15) is 252 Å². The van der Waals surface area contributed by atoms with Crippen LogP contribution >= 0.6 is 0 Å². The van der Waals surface area contributed by atoms with Crippen molar-refractivity contribution in [2.45, 2.75) is 258 Å². The lowest BCUT2D eigenvalue weighted by molar-refractivity contribution is -0.156. The van der Waals surface area contributed by atoms with E-state index in [1.165, 1.54) is 6.42 Å². The summed E-state index contributed by atoms with van der Waals surface area (Å²) < 4.78 is 22.2. The van der Waals surface area contributed by atoms with E-state index < -0.39 is 66.1 Å². The predicted octanol–water partition coefficient (Wildman–Crippen LogP) is 16.0. The summed E-state index contributed by atoms with van der Waals surface area (Å²) in [7, 11) is 0. The monoisotopic (exact) mass is 1190 g/mol. The zero-order chi connectivity index (χ0) is 62.6. The van der Waals surface area contributed by atoms with Gasteiger partial charge in [-0.15, -0.1) is 0 Å². The lowest BCUT2D eigenvalue weighted by Gasteiger charge is -2.20. The van der Waals surface area contributed by atoms with Crippen molar-refractivity contribution < 1.29 is 77.7 Å². The summed E-state index contributed by atoms with van der Waals surface area (Å²) in [6, 6.07) is 0. The van der Waals surface area contributed by atoms with Gasteiger partial charge in [0.1, 0.15) is 19.3 Å². The quantitative estimate of drug-likeness (QED) is 0.0110. The van der Waals surface area contributed by atoms with Crippen LogP contribution in [0.3, 0.4) is 0 Å². The third-order valence-electron chi connectivity index (χ3n) is 15.6. The molecule has 1 rings (SSSR count). The number of allylic oxidation sites excluding steroid dienone is 12. The minimum absolute atomic E-state index is 0.00624. The fourth-order valence-corrected chi connectivity index (χ4v) is 10.5. The number of carboxylic acid groups (broad SMARTS) is 4. The van der Waals surface area contributed by atoms with Gasteiger partial charge >= 0.3 is 47.8 Å². The Bertz CT molecular complexity index is 2030. The summed E-state index contributed by atoms with van der Waals surface area (Å²) in [5.41, 5.74) is 0. The second-order valence-corrected chi connectivity index (χ2v) is 22.9. The Morgan fingerprint density at radius 1 is 0.506 bits per heavy atom. The van der Waals surface area contributed by atoms with Crippen LogP contribution in [0.15, 0.2) is 72.9 Å². The molecule has 4 N–H and O–H groups in total. The molecular weight excluding hydrogens is 1080 g/mol. The molecule has 0 aliphatic carbocycles. The molecule has 482 valence electrons. The average molecular weight is 1200 g/mol. The molecule has 0 amide bonds. The number of cyclic esters (lactones) is 2. The third kappa shape index (κ3) is 42.8. The van der Waals surface area contributed by atoms with E-state index in [1.807, 2.05) is 49.5 Å². The van der Waals surface area contributed by atoms with Crippen molar-refractivity contribution in [1.29, 1.82) is 0 Å². The van der Waals surface area contributed by atoms with Gasteiger partial charge in [-0.25, -0.2) is 0 Å². The number of ether oxygens (including phenoxy) is 4. The van der Waals surface area contributed by atoms with Gasteiger partial charge in [0.15, 0.2) is 0 Å². The predicted molar refractivity (Wildman–Crippen MR) is 332 cm³/mol. The molecule has 0 spiro atoms. The number of unbranched alkanes of at least 4 members (excludes halogenated alkanes) is 22. The molecule has 0 aromatic carbocycles. The van der Waals surface area contributed by atoms with Crippen LogP contribution < -0.4 is 0 Å². The van der Waals surface area contributed by atoms with Gasteiger partial charge in [0.05, 0.1) is 37.0 Å². The molecule has 0 bridgehead atoms. The first-order valence-electron chi connectivity index (χ1n) is 32.7. The van der Waals surface area contributed by atoms with E-state index in [9.17, 15) is 53.7 Å². The van der Waals surface area contributed by atoms with Crippen LogP contribution in [0, 0.1) is 35.5 Å². The number of carbonyl (C=O) groups excluding carboxylic acids is 4. The molecular formula is C69H110O16. The van der Waals surface area contributed by atoms with Gasteiger partial charge in [-0.2, -0.15) is 0 Å². The van der Waals surface area contributed by atoms with Crippen LogP contribution in [0.25, 0.3) is 0 Å². The first-order chi connectivity index (χ1) is 41.1. The van der Waals surface area contributed by atoms with Crippen molar-refractivity contribution in [3.8, 4) is 0 Å². The molecule has 16 nitrogen and oxygen atoms in total. The van der Waals surface area contributed by atoms with Crippen molar-refractivity contribution >= 4 is 47.8 Å². The maximum atomic E-state index is 12.8. The highest BCUT2D eigenvalue weighted by Crippen LogP contribution is 2.30. The van der Waals surface area contributed by atoms with E-state index in [2.05, 4.69) is 32.1 Å². The smallest absolute Gasteiger partial charge is 0.317 e. The van der Waals surface area contributed by atoms with Gasteiger partial charge in [0, 0.05) is 19.4 Å². The SMILES string of the molecule is CCCCCCCCC(/C=C/CCCCCCCOC(COC(=O)CCCCCCC/C=C\C=C\C(CCCCC)C1CC(=O)OC1=O)COC(=O)CCCCCCC/C=C\C/C=C\C=C\C(CC)C(CC(=O)O)C(=O)O)C(CC(=O)O)C(=O)O. The lowest BCUT2D eigenvalue weighted by atomic mass is 9.84. The van der Waals surface area contributed by atoms with Gasteiger partial charge in [-0.3, -0.25) is 38.4 Å². The van der Waals surface area contributed by atoms with Crippen LogP contribution in [0.4, 0.5) is 0 Å². The zero-order valence-electron chi connectivity index (χ0n) is 52.2. The Labute approximate surface area is 509 Å². The Morgan fingerprint density at radius 3 is 1.54 bits per heavy atom. The number of rotatable bonds is 57. The first-order valence-corrected chi connectivity index (χ1v) is 32.7. The molecule has 1 aliphatic rings. The second kappa shape index (κ2) is 52.7. The molecule has 0 aromatic heterocycles. The van der Waals surface area contributed by atoms with E-state index in [0.29, 0.717) is 32.3 Å². The van der Waals surface area contributed by atoms with Gasteiger partial charge < -0.3 is 39.4 Å². The molecule has 7 unspecified atom stereocenters. The summed E-state index contributed by atoms with van der Waals surface area (Å²) in [4.78, 5) is 95.6. The van der Waals surface area contributed by atoms with Gasteiger partial charge in [0.2, 0.25) is 0 Å². The molecule has 1 fully saturated rings. The van der Waals surface area contributed by atoms with Crippen LogP contribution in [0.5, 0.6) is 0 Å². The Kier molecular flexibility index (Phi) is 47.9. The highest BCUT2D eigenvalue weighted by molar-refractivity contribution is 5.95. The van der Waals surface area contributed by atoms with E-state index in [-0.39, 0.29) is 68.6 Å². The largest absolute Gasteiger partial charge is 0.481 e. The molecule has 0 radical (unpaired) electrons. The van der Waals surface area contributed by atoms with E-state index in [0.717, 1.165) is 167 Å². The highest BCUT2D eigenvalue weighted by Gasteiger charge is 2.38. The van der Waals surface area contributed by atoms with E-state index >= 15 is 0 Å². The maximum absolute atomic E-state index is 12.8. The molecule has 1 aliphatic heterocycles. The van der Waals surface area contributed by atoms with Crippen molar-refractivity contribution in [3.05, 3.63) is 72.9 Å². The van der Waals surface area contributed by atoms with E-state index in [1.54, 1.807) is 12.2 Å². The Balaban J connectivity index is 2.57. The minimum atomic E-state index is -1.12. The molecule has 0 saturated carbocycles. The number of esters is 4. The highest BCUT2D eigenvalue weighted by atomic mass is 16.6. The number of aliphatic carboxylic acids is 4. The first kappa shape index (κ1) is 77.4. The molecule has 1 heterocycles. The fourth-order valence-electron chi connectivity index (χ4n) is 10.5. The normalized spacial score (nSPS) is 16.0. The number of hydrogen-bond donors (Lipinski definition) is 4. The Morgan fingerprint density at radius 2 is 0.988 bits per heavy atom. The zero-order valence-corrected chi connectivity index (χ0v) is 52.2. The van der Waals surface area contributed by atoms with Crippen molar-refractivity contribution in [2.24, 2.45) is 35.5 Å². The fraction of sp³-hybridized carbons (Fsp3) is 0.710. The molecule has 1 saturated heterocycles. The number of carboxylic acids is 4. The summed E-state index contributed by atoms with van der Waals surface area (Å²) in [5, 5.41) is 37.7. The second-order valence-electron chi connectivity index (χ2n) is 22.9. The standard InChI is InChI=1S/C69H110O16/c1-4-7-9-10-27-36-44-56(60(68(79)80)51-63(72)73)45-37-29-23-20-26-33-41-49-82-58(53-83-64(74)47-39-31-24-18-14-12-11-13-16-21-28-35-42-55(6-3)59(67(77)78)50-62(70)71)54-84-65(75)48-40-32-25-19-15-17-22-30-38-46-57(43-34-8-5-2)61-52-66(76)85-69(61)81/h11,13,21-22,28,30,35,37-38,42,45-46,55-61H,4-10,12,14-20,23-27,29,31-34,36,39-41,43-44,47-54H2,1-3H3,(H,70,71)(H,72,73)(H,77,78)(H,79,80)/b13-11-,28-21-,30-22-,42-35+,45-37+,46-38+. The summed E-state index contributed by atoms with van der Waals surface area (Å²) in [6.07, 6.45) is 51.9. The molecule has 7 atom stereocenters. The van der Waals surface area contributed by atoms with Gasteiger partial charge in [-0.05, 0) is 101 Å². The van der Waals surface area contributed by atoms with Crippen LogP contribution in [-0.2, 0) is 57.3 Å². The molecule has 85 heavy (non-hydrogen) atoms. The minimum Gasteiger partial charge on any atom is -0.481 e. The van der Waals surface area contributed by atoms with E-state index in [4.69, 9.17) is 24.1 Å². The van der Waals surface area contributed by atoms with Gasteiger partial charge in [-0.1, -0.05) is 209 Å². The summed E-state index contributed by atoms with van der Waals surface area (Å²) >= 11 is 0. The summed E-state index contributed by atoms with van der Waals surface area (Å²) in [6.45, 7) is 6.54. The van der Waals surface area contributed by atoms with Crippen molar-refractivity contribution in [2.75, 3.05) is 19.8 Å². The molecule has 16 heteroatoms. The average Bonchev–Trinajstić information content (AvgIpc) is 4.13. The summed E-state index contributed by atoms with van der Waals surface area (Å²) in [5.74, 6) is -8.84. The third-order valence-corrected chi connectivity index (χ3v) is 15.6. The number of carbonyl (C=O) groups is 8. The topological polar surface area (TPSA) is 254 Å². The van der Waals surface area contributed by atoms with Gasteiger partial charge in [0.25, 0.3) is 0 Å². The lowest BCUT2D eigenvalue weighted by Crippen LogP contribution is -2.29. The molecule has 0 aromatic rings. The van der Waals surface area contributed by atoms with Crippen LogP contribution in [0.2, 0.25) is 0 Å². The number of hydrogen-bond acceptors (Lipinski definition) is 12. The Hall–Kier alpha value is -5.64. The van der Waals surface area contributed by atoms with Crippen molar-refractivity contribution in [3.63, 3.8) is 0 Å². The van der Waals surface area contributed by atoms with Crippen molar-refractivity contribution in [1.82, 2.24) is 0 Å². The maximum Gasteiger partial charge on any atom is 0.317 e.